The fourth-order valence-corrected chi connectivity index (χ4v) is 3.23. The van der Waals surface area contributed by atoms with Crippen molar-refractivity contribution in [2.75, 3.05) is 18.6 Å². The highest BCUT2D eigenvalue weighted by Gasteiger charge is 2.39. The summed E-state index contributed by atoms with van der Waals surface area (Å²) in [6.07, 6.45) is 1.94. The SMILES string of the molecule is COc1cccc(N2CC(C(=O)NC(CC(=O)O)C3CC3)CC2=O)c1. The number of anilines is 1. The van der Waals surface area contributed by atoms with Crippen LogP contribution in [0.15, 0.2) is 24.3 Å². The maximum Gasteiger partial charge on any atom is 0.305 e. The van der Waals surface area contributed by atoms with Crippen LogP contribution in [0, 0.1) is 11.8 Å². The van der Waals surface area contributed by atoms with E-state index in [0.717, 1.165) is 12.8 Å². The number of amides is 2. The second-order valence-corrected chi connectivity index (χ2v) is 6.66. The largest absolute Gasteiger partial charge is 0.497 e. The van der Waals surface area contributed by atoms with Crippen molar-refractivity contribution in [2.24, 2.45) is 11.8 Å². The van der Waals surface area contributed by atoms with E-state index in [4.69, 9.17) is 9.84 Å². The first-order chi connectivity index (χ1) is 12.0. The normalized spacial score (nSPS) is 21.1. The number of ether oxygens (including phenoxy) is 1. The van der Waals surface area contributed by atoms with Gasteiger partial charge in [0.1, 0.15) is 5.75 Å². The summed E-state index contributed by atoms with van der Waals surface area (Å²) < 4.78 is 5.17. The number of benzene rings is 1. The van der Waals surface area contributed by atoms with Gasteiger partial charge < -0.3 is 20.1 Å². The molecule has 0 aromatic heterocycles. The molecule has 2 atom stereocenters. The molecule has 134 valence electrons. The van der Waals surface area contributed by atoms with E-state index in [1.54, 1.807) is 36.3 Å². The van der Waals surface area contributed by atoms with Gasteiger partial charge in [0.2, 0.25) is 11.8 Å². The fraction of sp³-hybridized carbons (Fsp3) is 0.500. The summed E-state index contributed by atoms with van der Waals surface area (Å²) in [7, 11) is 1.56. The first-order valence-electron chi connectivity index (χ1n) is 8.44. The number of rotatable bonds is 7. The van der Waals surface area contributed by atoms with E-state index in [1.807, 2.05) is 0 Å². The van der Waals surface area contributed by atoms with Crippen molar-refractivity contribution < 1.29 is 24.2 Å². The van der Waals surface area contributed by atoms with Crippen LogP contribution >= 0.6 is 0 Å². The monoisotopic (exact) mass is 346 g/mol. The molecular weight excluding hydrogens is 324 g/mol. The van der Waals surface area contributed by atoms with E-state index in [-0.39, 0.29) is 36.6 Å². The second-order valence-electron chi connectivity index (χ2n) is 6.66. The number of aliphatic carboxylic acids is 1. The molecule has 1 aromatic rings. The Balaban J connectivity index is 1.64. The van der Waals surface area contributed by atoms with Gasteiger partial charge in [-0.05, 0) is 30.9 Å². The zero-order valence-electron chi connectivity index (χ0n) is 14.1. The maximum absolute atomic E-state index is 12.5. The van der Waals surface area contributed by atoms with E-state index in [1.165, 1.54) is 0 Å². The van der Waals surface area contributed by atoms with E-state index < -0.39 is 11.9 Å². The van der Waals surface area contributed by atoms with Crippen LogP contribution in [0.2, 0.25) is 0 Å². The van der Waals surface area contributed by atoms with Crippen molar-refractivity contribution in [3.05, 3.63) is 24.3 Å². The molecule has 2 N–H and O–H groups in total. The molecule has 1 saturated carbocycles. The van der Waals surface area contributed by atoms with Gasteiger partial charge in [-0.25, -0.2) is 0 Å². The Morgan fingerprint density at radius 3 is 2.80 bits per heavy atom. The fourth-order valence-electron chi connectivity index (χ4n) is 3.23. The minimum Gasteiger partial charge on any atom is -0.497 e. The minimum absolute atomic E-state index is 0.0727. The molecule has 2 aliphatic rings. The Morgan fingerprint density at radius 1 is 1.40 bits per heavy atom. The predicted octanol–water partition coefficient (Wildman–Crippen LogP) is 1.42. The van der Waals surface area contributed by atoms with Gasteiger partial charge in [0.25, 0.3) is 0 Å². The topological polar surface area (TPSA) is 95.9 Å². The molecule has 3 rings (SSSR count). The van der Waals surface area contributed by atoms with Gasteiger partial charge >= 0.3 is 5.97 Å². The Hall–Kier alpha value is -2.57. The molecule has 1 aromatic carbocycles. The highest BCUT2D eigenvalue weighted by molar-refractivity contribution is 6.00. The average molecular weight is 346 g/mol. The first-order valence-corrected chi connectivity index (χ1v) is 8.44. The number of nitrogens with one attached hydrogen (secondary N) is 1. The number of carboxylic acid groups (broad SMARTS) is 1. The van der Waals surface area contributed by atoms with Crippen LogP contribution in [-0.4, -0.2) is 42.6 Å². The Morgan fingerprint density at radius 2 is 2.16 bits per heavy atom. The van der Waals surface area contributed by atoms with Crippen LogP contribution in [-0.2, 0) is 14.4 Å². The average Bonchev–Trinajstić information content (AvgIpc) is 3.36. The highest BCUT2D eigenvalue weighted by Crippen LogP contribution is 2.34. The van der Waals surface area contributed by atoms with Gasteiger partial charge in [0.05, 0.1) is 19.4 Å². The number of methoxy groups -OCH3 is 1. The molecule has 2 unspecified atom stereocenters. The van der Waals surface area contributed by atoms with Crippen LogP contribution in [0.25, 0.3) is 0 Å². The molecule has 0 bridgehead atoms. The third kappa shape index (κ3) is 4.10. The number of hydrogen-bond acceptors (Lipinski definition) is 4. The Kier molecular flexibility index (Phi) is 4.92. The number of carboxylic acids is 1. The molecule has 0 radical (unpaired) electrons. The quantitative estimate of drug-likeness (QED) is 0.778. The number of carbonyl (C=O) groups excluding carboxylic acids is 2. The van der Waals surface area contributed by atoms with Crippen molar-refractivity contribution in [1.29, 1.82) is 0 Å². The lowest BCUT2D eigenvalue weighted by Gasteiger charge is -2.20. The zero-order valence-corrected chi connectivity index (χ0v) is 14.1. The van der Waals surface area contributed by atoms with Gasteiger partial charge in [-0.3, -0.25) is 14.4 Å². The summed E-state index contributed by atoms with van der Waals surface area (Å²) >= 11 is 0. The molecule has 7 heteroatoms. The molecule has 2 fully saturated rings. The molecule has 1 heterocycles. The number of hydrogen-bond donors (Lipinski definition) is 2. The maximum atomic E-state index is 12.5. The molecule has 7 nitrogen and oxygen atoms in total. The van der Waals surface area contributed by atoms with E-state index in [9.17, 15) is 14.4 Å². The summed E-state index contributed by atoms with van der Waals surface area (Å²) in [6.45, 7) is 0.294. The molecule has 1 aliphatic heterocycles. The van der Waals surface area contributed by atoms with E-state index in [2.05, 4.69) is 5.32 Å². The van der Waals surface area contributed by atoms with Gasteiger partial charge in [-0.15, -0.1) is 0 Å². The summed E-state index contributed by atoms with van der Waals surface area (Å²) in [5.74, 6) is -0.849. The van der Waals surface area contributed by atoms with Gasteiger partial charge in [0, 0.05) is 30.8 Å². The van der Waals surface area contributed by atoms with Crippen molar-refractivity contribution in [2.45, 2.75) is 31.7 Å². The molecule has 2 amide bonds. The van der Waals surface area contributed by atoms with Crippen molar-refractivity contribution in [3.8, 4) is 5.75 Å². The lowest BCUT2D eigenvalue weighted by molar-refractivity contribution is -0.138. The summed E-state index contributed by atoms with van der Waals surface area (Å²) in [6, 6.07) is 6.81. The summed E-state index contributed by atoms with van der Waals surface area (Å²) in [5, 5.41) is 11.8. The molecule has 0 spiro atoms. The van der Waals surface area contributed by atoms with Crippen LogP contribution in [0.1, 0.15) is 25.7 Å². The first kappa shape index (κ1) is 17.3. The van der Waals surface area contributed by atoms with Crippen molar-refractivity contribution in [3.63, 3.8) is 0 Å². The smallest absolute Gasteiger partial charge is 0.305 e. The lowest BCUT2D eigenvalue weighted by Crippen LogP contribution is -2.42. The third-order valence-electron chi connectivity index (χ3n) is 4.77. The standard InChI is InChI=1S/C18H22N2O5/c1-25-14-4-2-3-13(8-14)20-10-12(7-16(20)21)18(24)19-15(9-17(22)23)11-5-6-11/h2-4,8,11-12,15H,5-7,9-10H2,1H3,(H,19,24)(H,22,23). The highest BCUT2D eigenvalue weighted by atomic mass is 16.5. The minimum atomic E-state index is -0.919. The number of carbonyl (C=O) groups is 3. The molecule has 1 saturated heterocycles. The van der Waals surface area contributed by atoms with E-state index >= 15 is 0 Å². The predicted molar refractivity (Wildman–Crippen MR) is 90.4 cm³/mol. The summed E-state index contributed by atoms with van der Waals surface area (Å²) in [4.78, 5) is 37.4. The van der Waals surface area contributed by atoms with Crippen LogP contribution in [0.5, 0.6) is 5.75 Å². The molecule has 1 aliphatic carbocycles. The Labute approximate surface area is 146 Å². The van der Waals surface area contributed by atoms with Crippen molar-refractivity contribution in [1.82, 2.24) is 5.32 Å². The van der Waals surface area contributed by atoms with E-state index in [0.29, 0.717) is 18.0 Å². The lowest BCUT2D eigenvalue weighted by atomic mass is 10.0. The Bertz CT molecular complexity index is 686. The number of nitrogens with zero attached hydrogens (tertiary/aromatic N) is 1. The van der Waals surface area contributed by atoms with Gasteiger partial charge in [0.15, 0.2) is 0 Å². The van der Waals surface area contributed by atoms with Crippen molar-refractivity contribution >= 4 is 23.5 Å². The second kappa shape index (κ2) is 7.13. The molecular formula is C18H22N2O5. The zero-order chi connectivity index (χ0) is 18.0. The van der Waals surface area contributed by atoms with Crippen LogP contribution in [0.4, 0.5) is 5.69 Å². The van der Waals surface area contributed by atoms with Crippen LogP contribution in [0.3, 0.4) is 0 Å². The van der Waals surface area contributed by atoms with Gasteiger partial charge in [-0.1, -0.05) is 6.07 Å². The summed E-state index contributed by atoms with van der Waals surface area (Å²) in [5.41, 5.74) is 0.698. The van der Waals surface area contributed by atoms with Gasteiger partial charge in [-0.2, -0.15) is 0 Å². The third-order valence-corrected chi connectivity index (χ3v) is 4.77. The van der Waals surface area contributed by atoms with Crippen LogP contribution < -0.4 is 15.0 Å². The molecule has 25 heavy (non-hydrogen) atoms.